The fourth-order valence-electron chi connectivity index (χ4n) is 2.09. The monoisotopic (exact) mass is 325 g/mol. The molecular weight excluding hydrogens is 302 g/mol. The van der Waals surface area contributed by atoms with Gasteiger partial charge in [-0.05, 0) is 37.3 Å². The third-order valence-electron chi connectivity index (χ3n) is 3.54. The first-order valence-electron chi connectivity index (χ1n) is 6.95. The first-order chi connectivity index (χ1) is 9.06. The van der Waals surface area contributed by atoms with Crippen LogP contribution >= 0.6 is 15.9 Å². The maximum absolute atomic E-state index is 12.0. The van der Waals surface area contributed by atoms with E-state index in [0.29, 0.717) is 12.3 Å². The van der Waals surface area contributed by atoms with Crippen LogP contribution in [0.4, 0.5) is 0 Å². The van der Waals surface area contributed by atoms with E-state index in [9.17, 15) is 4.79 Å². The number of carbonyl (C=O) groups is 1. The second-order valence-electron chi connectivity index (χ2n) is 5.16. The fraction of sp³-hybridized carbons (Fsp3) is 0.562. The van der Waals surface area contributed by atoms with Gasteiger partial charge < -0.3 is 5.32 Å². The highest BCUT2D eigenvalue weighted by molar-refractivity contribution is 9.09. The molecule has 0 aliphatic carbocycles. The van der Waals surface area contributed by atoms with Crippen LogP contribution in [0, 0.1) is 19.8 Å². The zero-order chi connectivity index (χ0) is 14.3. The molecule has 0 radical (unpaired) electrons. The van der Waals surface area contributed by atoms with E-state index in [-0.39, 0.29) is 5.91 Å². The fourth-order valence-corrected chi connectivity index (χ4v) is 2.74. The summed E-state index contributed by atoms with van der Waals surface area (Å²) in [7, 11) is 0. The zero-order valence-electron chi connectivity index (χ0n) is 12.1. The van der Waals surface area contributed by atoms with E-state index in [1.807, 2.05) is 0 Å². The topological polar surface area (TPSA) is 29.1 Å². The molecule has 1 unspecified atom stereocenters. The van der Waals surface area contributed by atoms with Crippen LogP contribution in [0.2, 0.25) is 0 Å². The van der Waals surface area contributed by atoms with Crippen LogP contribution in [0.15, 0.2) is 18.2 Å². The lowest BCUT2D eigenvalue weighted by Crippen LogP contribution is -2.30. The number of halogens is 1. The van der Waals surface area contributed by atoms with Crippen LogP contribution in [-0.2, 0) is 11.2 Å². The molecule has 3 heteroatoms. The Hall–Kier alpha value is -0.830. The number of benzene rings is 1. The molecule has 0 saturated heterocycles. The number of carbonyl (C=O) groups excluding carboxylic acids is 1. The molecule has 2 nitrogen and oxygen atoms in total. The van der Waals surface area contributed by atoms with E-state index in [0.717, 1.165) is 30.3 Å². The minimum Gasteiger partial charge on any atom is -0.356 e. The molecule has 1 N–H and O–H groups in total. The van der Waals surface area contributed by atoms with Crippen LogP contribution in [0.25, 0.3) is 0 Å². The van der Waals surface area contributed by atoms with Crippen LogP contribution in [0.3, 0.4) is 0 Å². The van der Waals surface area contributed by atoms with Crippen molar-refractivity contribution in [2.45, 2.75) is 40.0 Å². The van der Waals surface area contributed by atoms with E-state index < -0.39 is 0 Å². The molecule has 106 valence electrons. The number of hydrogen-bond donors (Lipinski definition) is 1. The molecule has 1 atom stereocenters. The van der Waals surface area contributed by atoms with Gasteiger partial charge in [0.2, 0.25) is 5.91 Å². The van der Waals surface area contributed by atoms with Crippen molar-refractivity contribution < 1.29 is 4.79 Å². The third kappa shape index (κ3) is 5.77. The summed E-state index contributed by atoms with van der Waals surface area (Å²) in [6.45, 7) is 7.07. The summed E-state index contributed by atoms with van der Waals surface area (Å²) in [5, 5.41) is 4.05. The highest BCUT2D eigenvalue weighted by Crippen LogP contribution is 2.12. The van der Waals surface area contributed by atoms with Crippen molar-refractivity contribution in [1.82, 2.24) is 5.32 Å². The minimum absolute atomic E-state index is 0.127. The van der Waals surface area contributed by atoms with Gasteiger partial charge in [-0.25, -0.2) is 0 Å². The van der Waals surface area contributed by atoms with E-state index in [1.165, 1.54) is 11.1 Å². The molecule has 1 amide bonds. The van der Waals surface area contributed by atoms with Crippen molar-refractivity contribution in [1.29, 1.82) is 0 Å². The minimum atomic E-state index is 0.127. The molecule has 0 aliphatic heterocycles. The molecule has 19 heavy (non-hydrogen) atoms. The maximum atomic E-state index is 12.0. The molecule has 0 heterocycles. The Morgan fingerprint density at radius 3 is 2.74 bits per heavy atom. The van der Waals surface area contributed by atoms with Gasteiger partial charge in [0.1, 0.15) is 0 Å². The van der Waals surface area contributed by atoms with E-state index in [4.69, 9.17) is 0 Å². The van der Waals surface area contributed by atoms with Gasteiger partial charge in [-0.3, -0.25) is 4.79 Å². The second kappa shape index (κ2) is 8.36. The van der Waals surface area contributed by atoms with E-state index in [2.05, 4.69) is 60.2 Å². The molecule has 0 fully saturated rings. The standard InChI is InChI=1S/C16H24BrNO/c1-4-14(7-8-17)11-18-16(19)10-15-9-12(2)5-6-13(15)3/h5-6,9,14H,4,7-8,10-11H2,1-3H3,(H,18,19). The zero-order valence-corrected chi connectivity index (χ0v) is 13.7. The second-order valence-corrected chi connectivity index (χ2v) is 5.96. The van der Waals surface area contributed by atoms with Crippen molar-refractivity contribution in [3.05, 3.63) is 34.9 Å². The van der Waals surface area contributed by atoms with Crippen molar-refractivity contribution in [2.24, 2.45) is 5.92 Å². The Labute approximate surface area is 125 Å². The van der Waals surface area contributed by atoms with E-state index >= 15 is 0 Å². The molecule has 0 bridgehead atoms. The van der Waals surface area contributed by atoms with Crippen molar-refractivity contribution in [2.75, 3.05) is 11.9 Å². The largest absolute Gasteiger partial charge is 0.356 e. The Morgan fingerprint density at radius 1 is 1.37 bits per heavy atom. The Balaban J connectivity index is 2.48. The van der Waals surface area contributed by atoms with Gasteiger partial charge in [0.05, 0.1) is 6.42 Å². The van der Waals surface area contributed by atoms with Crippen LogP contribution < -0.4 is 5.32 Å². The summed E-state index contributed by atoms with van der Waals surface area (Å²) in [6, 6.07) is 6.27. The van der Waals surface area contributed by atoms with Gasteiger partial charge in [-0.1, -0.05) is 53.0 Å². The molecule has 0 aliphatic rings. The molecule has 0 spiro atoms. The van der Waals surface area contributed by atoms with Gasteiger partial charge in [-0.15, -0.1) is 0 Å². The lowest BCUT2D eigenvalue weighted by atomic mass is 10.0. The van der Waals surface area contributed by atoms with Crippen LogP contribution in [0.5, 0.6) is 0 Å². The average molecular weight is 326 g/mol. The van der Waals surface area contributed by atoms with Crippen molar-refractivity contribution in [3.63, 3.8) is 0 Å². The van der Waals surface area contributed by atoms with Crippen LogP contribution in [-0.4, -0.2) is 17.8 Å². The Kier molecular flexibility index (Phi) is 7.14. The van der Waals surface area contributed by atoms with Gasteiger partial charge in [0, 0.05) is 11.9 Å². The molecule has 1 aromatic carbocycles. The Bertz CT molecular complexity index is 417. The van der Waals surface area contributed by atoms with E-state index in [1.54, 1.807) is 0 Å². The summed E-state index contributed by atoms with van der Waals surface area (Å²) < 4.78 is 0. The molecule has 1 rings (SSSR count). The quantitative estimate of drug-likeness (QED) is 0.759. The summed E-state index contributed by atoms with van der Waals surface area (Å²) in [5.41, 5.74) is 3.53. The SMILES string of the molecule is CCC(CCBr)CNC(=O)Cc1cc(C)ccc1C. The molecule has 1 aromatic rings. The average Bonchev–Trinajstić information content (AvgIpc) is 2.39. The number of nitrogens with one attached hydrogen (secondary N) is 1. The highest BCUT2D eigenvalue weighted by atomic mass is 79.9. The normalized spacial score (nSPS) is 12.2. The molecule has 0 aromatic heterocycles. The van der Waals surface area contributed by atoms with Gasteiger partial charge in [-0.2, -0.15) is 0 Å². The van der Waals surface area contributed by atoms with Gasteiger partial charge in [0.15, 0.2) is 0 Å². The summed E-state index contributed by atoms with van der Waals surface area (Å²) in [6.07, 6.45) is 2.70. The lowest BCUT2D eigenvalue weighted by molar-refractivity contribution is -0.120. The van der Waals surface area contributed by atoms with Crippen molar-refractivity contribution in [3.8, 4) is 0 Å². The first-order valence-corrected chi connectivity index (χ1v) is 8.07. The van der Waals surface area contributed by atoms with Gasteiger partial charge >= 0.3 is 0 Å². The summed E-state index contributed by atoms with van der Waals surface area (Å²) >= 11 is 3.46. The van der Waals surface area contributed by atoms with Crippen molar-refractivity contribution >= 4 is 21.8 Å². The third-order valence-corrected chi connectivity index (χ3v) is 4.00. The number of rotatable bonds is 7. The predicted octanol–water partition coefficient (Wildman–Crippen LogP) is 3.77. The highest BCUT2D eigenvalue weighted by Gasteiger charge is 2.09. The first kappa shape index (κ1) is 16.2. The number of alkyl halides is 1. The molecule has 0 saturated carbocycles. The number of amides is 1. The Morgan fingerprint density at radius 2 is 2.11 bits per heavy atom. The molecular formula is C16H24BrNO. The van der Waals surface area contributed by atoms with Gasteiger partial charge in [0.25, 0.3) is 0 Å². The van der Waals surface area contributed by atoms with Crippen LogP contribution in [0.1, 0.15) is 36.5 Å². The maximum Gasteiger partial charge on any atom is 0.224 e. The summed E-state index contributed by atoms with van der Waals surface area (Å²) in [5.74, 6) is 0.698. The number of aryl methyl sites for hydroxylation is 2. The number of hydrogen-bond acceptors (Lipinski definition) is 1. The lowest BCUT2D eigenvalue weighted by Gasteiger charge is -2.14. The predicted molar refractivity (Wildman–Crippen MR) is 84.8 cm³/mol. The summed E-state index contributed by atoms with van der Waals surface area (Å²) in [4.78, 5) is 12.0. The smallest absolute Gasteiger partial charge is 0.224 e.